The first-order chi connectivity index (χ1) is 13.6. The number of hydrogen-bond donors (Lipinski definition) is 0. The second-order valence-corrected chi connectivity index (χ2v) is 6.79. The van der Waals surface area contributed by atoms with E-state index in [4.69, 9.17) is 9.47 Å². The van der Waals surface area contributed by atoms with Crippen LogP contribution in [0.25, 0.3) is 11.1 Å². The molecular weight excluding hydrogens is 356 g/mol. The highest BCUT2D eigenvalue weighted by Crippen LogP contribution is 2.23. The Hall–Kier alpha value is -3.02. The van der Waals surface area contributed by atoms with Crippen molar-refractivity contribution in [1.29, 1.82) is 0 Å². The van der Waals surface area contributed by atoms with Crippen LogP contribution in [0.4, 0.5) is 4.79 Å². The van der Waals surface area contributed by atoms with Crippen molar-refractivity contribution in [2.75, 3.05) is 33.3 Å². The van der Waals surface area contributed by atoms with E-state index in [2.05, 4.69) is 12.1 Å². The summed E-state index contributed by atoms with van der Waals surface area (Å²) in [5.41, 5.74) is 2.24. The molecule has 0 saturated carbocycles. The van der Waals surface area contributed by atoms with Crippen molar-refractivity contribution in [2.24, 2.45) is 0 Å². The summed E-state index contributed by atoms with van der Waals surface area (Å²) in [6.45, 7) is 3.90. The van der Waals surface area contributed by atoms with Gasteiger partial charge in [-0.05, 0) is 36.6 Å². The van der Waals surface area contributed by atoms with Gasteiger partial charge < -0.3 is 19.3 Å². The molecule has 2 aromatic carbocycles. The zero-order valence-corrected chi connectivity index (χ0v) is 16.3. The minimum Gasteiger partial charge on any atom is -0.481 e. The Morgan fingerprint density at radius 2 is 1.46 bits per heavy atom. The van der Waals surface area contributed by atoms with Gasteiger partial charge in [-0.3, -0.25) is 4.79 Å². The maximum Gasteiger partial charge on any atom is 0.409 e. The molecule has 6 heteroatoms. The van der Waals surface area contributed by atoms with Crippen molar-refractivity contribution < 1.29 is 19.1 Å². The monoisotopic (exact) mass is 382 g/mol. The van der Waals surface area contributed by atoms with Crippen LogP contribution >= 0.6 is 0 Å². The van der Waals surface area contributed by atoms with E-state index in [1.165, 1.54) is 7.11 Å². The lowest BCUT2D eigenvalue weighted by atomic mass is 10.1. The molecular formula is C22H26N2O4. The van der Waals surface area contributed by atoms with Gasteiger partial charge in [0.05, 0.1) is 7.11 Å². The van der Waals surface area contributed by atoms with Crippen LogP contribution < -0.4 is 4.74 Å². The lowest BCUT2D eigenvalue weighted by Crippen LogP contribution is -2.43. The third-order valence-electron chi connectivity index (χ3n) is 4.86. The lowest BCUT2D eigenvalue weighted by molar-refractivity contribution is -0.137. The predicted molar refractivity (Wildman–Crippen MR) is 107 cm³/mol. The summed E-state index contributed by atoms with van der Waals surface area (Å²) in [6, 6.07) is 17.8. The second kappa shape index (κ2) is 9.26. The Balaban J connectivity index is 1.57. The van der Waals surface area contributed by atoms with Gasteiger partial charge in [0.2, 0.25) is 0 Å². The average Bonchev–Trinajstić information content (AvgIpc) is 3.00. The first kappa shape index (κ1) is 19.7. The van der Waals surface area contributed by atoms with Crippen LogP contribution in [0.5, 0.6) is 5.75 Å². The van der Waals surface area contributed by atoms with Gasteiger partial charge in [-0.25, -0.2) is 4.79 Å². The van der Waals surface area contributed by atoms with Crippen molar-refractivity contribution in [3.8, 4) is 16.9 Å². The summed E-state index contributed by atoms with van der Waals surface area (Å²) in [5.74, 6) is 0.588. The molecule has 0 spiro atoms. The number of carbonyl (C=O) groups excluding carboxylic acids is 2. The molecule has 1 aliphatic rings. The number of hydrogen-bond acceptors (Lipinski definition) is 4. The van der Waals surface area contributed by atoms with Gasteiger partial charge in [-0.1, -0.05) is 42.5 Å². The molecule has 0 bridgehead atoms. The van der Waals surface area contributed by atoms with Crippen LogP contribution in [0.1, 0.15) is 13.3 Å². The highest BCUT2D eigenvalue weighted by Gasteiger charge is 2.26. The molecule has 3 rings (SSSR count). The molecule has 2 amide bonds. The van der Waals surface area contributed by atoms with Crippen LogP contribution in [0.15, 0.2) is 54.6 Å². The van der Waals surface area contributed by atoms with Crippen molar-refractivity contribution in [3.63, 3.8) is 0 Å². The third kappa shape index (κ3) is 4.82. The predicted octanol–water partition coefficient (Wildman–Crippen LogP) is 3.42. The smallest absolute Gasteiger partial charge is 0.409 e. The van der Waals surface area contributed by atoms with Crippen LogP contribution in [-0.4, -0.2) is 61.2 Å². The Kier molecular flexibility index (Phi) is 6.53. The topological polar surface area (TPSA) is 59.1 Å². The van der Waals surface area contributed by atoms with Gasteiger partial charge >= 0.3 is 6.09 Å². The van der Waals surface area contributed by atoms with E-state index >= 15 is 0 Å². The van der Waals surface area contributed by atoms with E-state index in [0.717, 1.165) is 17.5 Å². The molecule has 0 N–H and O–H groups in total. The molecule has 1 saturated heterocycles. The van der Waals surface area contributed by atoms with E-state index in [-0.39, 0.29) is 12.0 Å². The van der Waals surface area contributed by atoms with E-state index in [0.29, 0.717) is 31.9 Å². The summed E-state index contributed by atoms with van der Waals surface area (Å²) < 4.78 is 10.6. The van der Waals surface area contributed by atoms with Gasteiger partial charge in [0, 0.05) is 26.2 Å². The summed E-state index contributed by atoms with van der Waals surface area (Å²) >= 11 is 0. The number of nitrogens with zero attached hydrogens (tertiary/aromatic N) is 2. The highest BCUT2D eigenvalue weighted by atomic mass is 16.5. The van der Waals surface area contributed by atoms with Gasteiger partial charge in [-0.2, -0.15) is 0 Å². The van der Waals surface area contributed by atoms with Crippen molar-refractivity contribution in [3.05, 3.63) is 54.6 Å². The quantitative estimate of drug-likeness (QED) is 0.813. The molecule has 1 heterocycles. The number of benzene rings is 2. The minimum atomic E-state index is -0.591. The van der Waals surface area contributed by atoms with Crippen molar-refractivity contribution in [2.45, 2.75) is 19.4 Å². The fourth-order valence-electron chi connectivity index (χ4n) is 3.32. The summed E-state index contributed by atoms with van der Waals surface area (Å²) in [4.78, 5) is 27.8. The lowest BCUT2D eigenvalue weighted by Gasteiger charge is -2.25. The first-order valence-electron chi connectivity index (χ1n) is 9.52. The Morgan fingerprint density at radius 3 is 2.14 bits per heavy atom. The molecule has 1 aliphatic heterocycles. The Labute approximate surface area is 165 Å². The van der Waals surface area contributed by atoms with Gasteiger partial charge in [0.25, 0.3) is 5.91 Å². The molecule has 28 heavy (non-hydrogen) atoms. The maximum atomic E-state index is 12.8. The van der Waals surface area contributed by atoms with Gasteiger partial charge in [0.1, 0.15) is 5.75 Å². The normalized spacial score (nSPS) is 15.5. The zero-order valence-electron chi connectivity index (χ0n) is 16.3. The molecule has 1 atom stereocenters. The van der Waals surface area contributed by atoms with Gasteiger partial charge in [-0.15, -0.1) is 0 Å². The number of amides is 2. The largest absolute Gasteiger partial charge is 0.481 e. The second-order valence-electron chi connectivity index (χ2n) is 6.79. The molecule has 1 fully saturated rings. The standard InChI is InChI=1S/C22H26N2O4/c1-17(21(25)23-13-6-14-24(16-15-23)22(26)27-2)28-20-11-9-19(10-12-20)18-7-4-3-5-8-18/h3-5,7-12,17H,6,13-16H2,1-2H3. The molecule has 1 unspecified atom stereocenters. The molecule has 0 aliphatic carbocycles. The van der Waals surface area contributed by atoms with Crippen LogP contribution in [0, 0.1) is 0 Å². The highest BCUT2D eigenvalue weighted by molar-refractivity contribution is 5.81. The fraction of sp³-hybridized carbons (Fsp3) is 0.364. The molecule has 6 nitrogen and oxygen atoms in total. The number of ether oxygens (including phenoxy) is 2. The van der Waals surface area contributed by atoms with Crippen LogP contribution in [-0.2, 0) is 9.53 Å². The van der Waals surface area contributed by atoms with Crippen molar-refractivity contribution >= 4 is 12.0 Å². The first-order valence-corrected chi connectivity index (χ1v) is 9.52. The number of rotatable bonds is 4. The average molecular weight is 382 g/mol. The number of methoxy groups -OCH3 is 1. The van der Waals surface area contributed by atoms with Gasteiger partial charge in [0.15, 0.2) is 6.10 Å². The van der Waals surface area contributed by atoms with E-state index < -0.39 is 6.10 Å². The van der Waals surface area contributed by atoms with E-state index in [1.807, 2.05) is 42.5 Å². The Bertz CT molecular complexity index is 792. The number of carbonyl (C=O) groups is 2. The third-order valence-corrected chi connectivity index (χ3v) is 4.86. The maximum absolute atomic E-state index is 12.8. The minimum absolute atomic E-state index is 0.0705. The molecule has 2 aromatic rings. The molecule has 0 aromatic heterocycles. The zero-order chi connectivity index (χ0) is 19.9. The van der Waals surface area contributed by atoms with Crippen LogP contribution in [0.3, 0.4) is 0 Å². The summed E-state index contributed by atoms with van der Waals surface area (Å²) in [6.07, 6.45) is -0.219. The van der Waals surface area contributed by atoms with Crippen LogP contribution in [0.2, 0.25) is 0 Å². The van der Waals surface area contributed by atoms with Crippen molar-refractivity contribution in [1.82, 2.24) is 9.80 Å². The molecule has 0 radical (unpaired) electrons. The Morgan fingerprint density at radius 1 is 0.857 bits per heavy atom. The fourth-order valence-corrected chi connectivity index (χ4v) is 3.32. The molecule has 148 valence electrons. The SMILES string of the molecule is COC(=O)N1CCCN(C(=O)C(C)Oc2ccc(-c3ccccc3)cc2)CC1. The summed E-state index contributed by atoms with van der Waals surface area (Å²) in [7, 11) is 1.37. The van der Waals surface area contributed by atoms with E-state index in [1.54, 1.807) is 16.7 Å². The summed E-state index contributed by atoms with van der Waals surface area (Å²) in [5, 5.41) is 0. The van der Waals surface area contributed by atoms with E-state index in [9.17, 15) is 9.59 Å².